The second-order valence-electron chi connectivity index (χ2n) is 8.42. The van der Waals surface area contributed by atoms with Gasteiger partial charge in [0.2, 0.25) is 5.91 Å². The number of rotatable bonds is 12. The minimum atomic E-state index is -0.269. The summed E-state index contributed by atoms with van der Waals surface area (Å²) in [6.45, 7) is 6.12. The molecule has 6 nitrogen and oxygen atoms in total. The van der Waals surface area contributed by atoms with Crippen LogP contribution in [0.2, 0.25) is 0 Å². The Kier molecular flexibility index (Phi) is 9.96. The van der Waals surface area contributed by atoms with E-state index in [1.165, 1.54) is 44.2 Å². The number of carbonyl (C=O) groups is 1. The molecule has 4 N–H and O–H groups in total. The molecule has 2 aromatic rings. The lowest BCUT2D eigenvalue weighted by atomic mass is 10.0. The molecular weight excluding hydrogens is 386 g/mol. The molecule has 2 heterocycles. The Hall–Kier alpha value is -2.28. The van der Waals surface area contributed by atoms with E-state index in [1.54, 1.807) is 6.20 Å². The minimum absolute atomic E-state index is 0.00544. The van der Waals surface area contributed by atoms with Crippen molar-refractivity contribution >= 4 is 5.91 Å². The number of pyridine rings is 1. The third kappa shape index (κ3) is 8.77. The van der Waals surface area contributed by atoms with Crippen molar-refractivity contribution in [3.05, 3.63) is 65.5 Å². The number of piperidine rings is 1. The minimum Gasteiger partial charge on any atom is -0.351 e. The van der Waals surface area contributed by atoms with Gasteiger partial charge in [-0.3, -0.25) is 9.78 Å². The number of hydrogen-bond acceptors (Lipinski definition) is 5. The van der Waals surface area contributed by atoms with Gasteiger partial charge in [0.25, 0.3) is 0 Å². The summed E-state index contributed by atoms with van der Waals surface area (Å²) in [6, 6.07) is 14.7. The van der Waals surface area contributed by atoms with Gasteiger partial charge in [-0.25, -0.2) is 0 Å². The van der Waals surface area contributed by atoms with Crippen molar-refractivity contribution in [1.82, 2.24) is 26.3 Å². The Morgan fingerprint density at radius 3 is 2.61 bits per heavy atom. The lowest BCUT2D eigenvalue weighted by molar-refractivity contribution is -0.122. The molecule has 2 atom stereocenters. The molecule has 3 rings (SSSR count). The SMILES string of the molecule is C[C@H](NCc1ccccn1)C(=O)NCc1ccc(CNCCCC2CCCCN2)cc1. The van der Waals surface area contributed by atoms with E-state index in [0.717, 1.165) is 30.4 Å². The highest BCUT2D eigenvalue weighted by molar-refractivity contribution is 5.81. The van der Waals surface area contributed by atoms with Crippen LogP contribution in [0.5, 0.6) is 0 Å². The van der Waals surface area contributed by atoms with Gasteiger partial charge in [0.05, 0.1) is 11.7 Å². The highest BCUT2D eigenvalue weighted by atomic mass is 16.2. The third-order valence-corrected chi connectivity index (χ3v) is 5.85. The van der Waals surface area contributed by atoms with E-state index >= 15 is 0 Å². The van der Waals surface area contributed by atoms with E-state index in [2.05, 4.69) is 50.5 Å². The van der Waals surface area contributed by atoms with Gasteiger partial charge in [-0.05, 0) is 69.0 Å². The number of amides is 1. The van der Waals surface area contributed by atoms with E-state index < -0.39 is 0 Å². The standard InChI is InChI=1S/C25H37N5O/c1-20(29-19-24-8-3-5-16-28-24)25(31)30-18-22-12-10-21(11-13-22)17-26-14-6-9-23-7-2-4-15-27-23/h3,5,8,10-13,16,20,23,26-27,29H,2,4,6-7,9,14-15,17-19H2,1H3,(H,30,31)/t20-,23?/m0/s1. The molecule has 1 aliphatic rings. The molecule has 1 fully saturated rings. The monoisotopic (exact) mass is 423 g/mol. The van der Waals surface area contributed by atoms with Crippen molar-refractivity contribution in [2.75, 3.05) is 13.1 Å². The van der Waals surface area contributed by atoms with E-state index in [0.29, 0.717) is 13.1 Å². The molecule has 0 saturated carbocycles. The fraction of sp³-hybridized carbons (Fsp3) is 0.520. The van der Waals surface area contributed by atoms with Gasteiger partial charge in [-0.15, -0.1) is 0 Å². The van der Waals surface area contributed by atoms with E-state index in [-0.39, 0.29) is 11.9 Å². The molecule has 31 heavy (non-hydrogen) atoms. The fourth-order valence-electron chi connectivity index (χ4n) is 3.85. The normalized spacial score (nSPS) is 17.3. The molecule has 1 aromatic heterocycles. The molecule has 6 heteroatoms. The van der Waals surface area contributed by atoms with Gasteiger partial charge in [0.15, 0.2) is 0 Å². The molecule has 0 aliphatic carbocycles. The summed E-state index contributed by atoms with van der Waals surface area (Å²) < 4.78 is 0. The number of nitrogens with one attached hydrogen (secondary N) is 4. The van der Waals surface area contributed by atoms with Crippen LogP contribution in [-0.2, 0) is 24.4 Å². The first kappa shape index (κ1) is 23.4. The summed E-state index contributed by atoms with van der Waals surface area (Å²) in [4.78, 5) is 16.6. The van der Waals surface area contributed by atoms with Crippen LogP contribution in [0.3, 0.4) is 0 Å². The number of benzene rings is 1. The highest BCUT2D eigenvalue weighted by Gasteiger charge is 2.12. The van der Waals surface area contributed by atoms with Crippen molar-refractivity contribution in [3.63, 3.8) is 0 Å². The maximum Gasteiger partial charge on any atom is 0.237 e. The Morgan fingerprint density at radius 2 is 1.90 bits per heavy atom. The Bertz CT molecular complexity index is 759. The van der Waals surface area contributed by atoms with Gasteiger partial charge in [0.1, 0.15) is 0 Å². The van der Waals surface area contributed by atoms with E-state index in [4.69, 9.17) is 0 Å². The molecule has 0 radical (unpaired) electrons. The maximum absolute atomic E-state index is 12.3. The van der Waals surface area contributed by atoms with Crippen LogP contribution in [0.25, 0.3) is 0 Å². The second kappa shape index (κ2) is 13.2. The first-order valence-electron chi connectivity index (χ1n) is 11.6. The summed E-state index contributed by atoms with van der Waals surface area (Å²) in [5, 5.41) is 13.4. The zero-order valence-corrected chi connectivity index (χ0v) is 18.7. The van der Waals surface area contributed by atoms with Crippen LogP contribution >= 0.6 is 0 Å². The largest absolute Gasteiger partial charge is 0.351 e. The van der Waals surface area contributed by atoms with Gasteiger partial charge < -0.3 is 21.3 Å². The number of nitrogens with zero attached hydrogens (tertiary/aromatic N) is 1. The van der Waals surface area contributed by atoms with Crippen LogP contribution < -0.4 is 21.3 Å². The summed E-state index contributed by atoms with van der Waals surface area (Å²) in [5.74, 6) is -0.00544. The van der Waals surface area contributed by atoms with Gasteiger partial charge >= 0.3 is 0 Å². The summed E-state index contributed by atoms with van der Waals surface area (Å²) in [7, 11) is 0. The Morgan fingerprint density at radius 1 is 1.10 bits per heavy atom. The number of aromatic nitrogens is 1. The zero-order valence-electron chi connectivity index (χ0n) is 18.7. The summed E-state index contributed by atoms with van der Waals surface area (Å²) >= 11 is 0. The molecule has 168 valence electrons. The molecule has 0 spiro atoms. The summed E-state index contributed by atoms with van der Waals surface area (Å²) in [6.07, 6.45) is 8.27. The molecule has 1 aromatic carbocycles. The quantitative estimate of drug-likeness (QED) is 0.395. The maximum atomic E-state index is 12.3. The molecule has 1 unspecified atom stereocenters. The van der Waals surface area contributed by atoms with Crippen LogP contribution in [0.1, 0.15) is 55.8 Å². The van der Waals surface area contributed by atoms with E-state index in [9.17, 15) is 4.79 Å². The Balaban J connectivity index is 1.28. The van der Waals surface area contributed by atoms with Crippen molar-refractivity contribution in [3.8, 4) is 0 Å². The molecular formula is C25H37N5O. The van der Waals surface area contributed by atoms with Crippen LogP contribution in [0.15, 0.2) is 48.7 Å². The van der Waals surface area contributed by atoms with Crippen LogP contribution in [0.4, 0.5) is 0 Å². The van der Waals surface area contributed by atoms with Crippen LogP contribution in [0, 0.1) is 0 Å². The van der Waals surface area contributed by atoms with Crippen molar-refractivity contribution in [1.29, 1.82) is 0 Å². The Labute approximate surface area is 186 Å². The first-order valence-corrected chi connectivity index (χ1v) is 11.6. The zero-order chi connectivity index (χ0) is 21.7. The van der Waals surface area contributed by atoms with Crippen LogP contribution in [-0.4, -0.2) is 36.1 Å². The average molecular weight is 424 g/mol. The number of carbonyl (C=O) groups excluding carboxylic acids is 1. The molecule has 1 aliphatic heterocycles. The first-order chi connectivity index (χ1) is 15.2. The predicted molar refractivity (Wildman–Crippen MR) is 125 cm³/mol. The third-order valence-electron chi connectivity index (χ3n) is 5.85. The molecule has 0 bridgehead atoms. The second-order valence-corrected chi connectivity index (χ2v) is 8.42. The van der Waals surface area contributed by atoms with Gasteiger partial charge in [0, 0.05) is 31.9 Å². The lowest BCUT2D eigenvalue weighted by Gasteiger charge is -2.23. The van der Waals surface area contributed by atoms with E-state index in [1.807, 2.05) is 25.1 Å². The van der Waals surface area contributed by atoms with Gasteiger partial charge in [-0.2, -0.15) is 0 Å². The molecule has 1 saturated heterocycles. The molecule has 1 amide bonds. The topological polar surface area (TPSA) is 78.1 Å². The van der Waals surface area contributed by atoms with Crippen molar-refractivity contribution in [2.24, 2.45) is 0 Å². The summed E-state index contributed by atoms with van der Waals surface area (Å²) in [5.41, 5.74) is 3.31. The highest BCUT2D eigenvalue weighted by Crippen LogP contribution is 2.11. The van der Waals surface area contributed by atoms with Crippen molar-refractivity contribution < 1.29 is 4.79 Å². The van der Waals surface area contributed by atoms with Gasteiger partial charge in [-0.1, -0.05) is 36.8 Å². The predicted octanol–water partition coefficient (Wildman–Crippen LogP) is 2.89. The lowest BCUT2D eigenvalue weighted by Crippen LogP contribution is -2.41. The fourth-order valence-corrected chi connectivity index (χ4v) is 3.85. The smallest absolute Gasteiger partial charge is 0.237 e. The number of hydrogen-bond donors (Lipinski definition) is 4. The average Bonchev–Trinajstić information content (AvgIpc) is 2.83. The van der Waals surface area contributed by atoms with Crippen molar-refractivity contribution in [2.45, 2.75) is 70.7 Å².